The largest absolute Gasteiger partial charge is 0.353 e. The van der Waals surface area contributed by atoms with E-state index < -0.39 is 27.1 Å². The molecule has 1 amide bonds. The minimum absolute atomic E-state index is 0.0507. The van der Waals surface area contributed by atoms with E-state index in [4.69, 9.17) is 0 Å². The van der Waals surface area contributed by atoms with Crippen LogP contribution in [0.3, 0.4) is 0 Å². The van der Waals surface area contributed by atoms with Gasteiger partial charge in [-0.15, -0.1) is 0 Å². The molecule has 2 heterocycles. The molecule has 0 unspecified atom stereocenters. The number of aromatic nitrogens is 1. The molecule has 0 N–H and O–H groups in total. The lowest BCUT2D eigenvalue weighted by atomic mass is 10.1. The molecule has 1 aliphatic rings. The van der Waals surface area contributed by atoms with Crippen molar-refractivity contribution < 1.29 is 14.6 Å². The van der Waals surface area contributed by atoms with E-state index in [0.717, 1.165) is 18.0 Å². The van der Waals surface area contributed by atoms with Crippen LogP contribution in [-0.2, 0) is 0 Å². The third-order valence-electron chi connectivity index (χ3n) is 4.53. The second-order valence-corrected chi connectivity index (χ2v) is 6.12. The molecule has 27 heavy (non-hydrogen) atoms. The smallest absolute Gasteiger partial charge is 0.279 e. The Labute approximate surface area is 154 Å². The number of nitrogens with zero attached hydrogens (tertiary/aromatic N) is 5. The van der Waals surface area contributed by atoms with Crippen LogP contribution >= 0.6 is 0 Å². The maximum absolute atomic E-state index is 12.8. The Morgan fingerprint density at radius 1 is 1.04 bits per heavy atom. The Balaban J connectivity index is 1.80. The van der Waals surface area contributed by atoms with Gasteiger partial charge < -0.3 is 9.80 Å². The van der Waals surface area contributed by atoms with Gasteiger partial charge in [-0.1, -0.05) is 6.07 Å². The fraction of sp³-hybridized carbons (Fsp3) is 0.294. The number of rotatable bonds is 4. The predicted octanol–water partition coefficient (Wildman–Crippen LogP) is 2.17. The Kier molecular flexibility index (Phi) is 4.97. The van der Waals surface area contributed by atoms with Gasteiger partial charge in [-0.2, -0.15) is 0 Å². The number of piperazine rings is 1. The monoisotopic (exact) mass is 371 g/mol. The molecule has 10 heteroatoms. The van der Waals surface area contributed by atoms with Gasteiger partial charge in [-0.3, -0.25) is 25.0 Å². The summed E-state index contributed by atoms with van der Waals surface area (Å²) in [4.78, 5) is 41.6. The van der Waals surface area contributed by atoms with Gasteiger partial charge in [0, 0.05) is 44.5 Å². The Bertz CT molecular complexity index is 859. The average molecular weight is 371 g/mol. The summed E-state index contributed by atoms with van der Waals surface area (Å²) >= 11 is 0. The standard InChI is InChI=1S/C17H17N5O5/c1-12-14(21(24)25)10-13(11-15(12)22(26)27)17(23)20-8-6-19(7-9-20)16-4-2-3-5-18-16/h2-5,10-11H,6-9H2,1H3. The first kappa shape index (κ1) is 18.2. The number of carbonyl (C=O) groups excluding carboxylic acids is 1. The number of hydrogen-bond donors (Lipinski definition) is 0. The van der Waals surface area contributed by atoms with Crippen LogP contribution in [0.4, 0.5) is 17.2 Å². The molecule has 0 atom stereocenters. The van der Waals surface area contributed by atoms with E-state index in [-0.39, 0.29) is 11.1 Å². The first-order chi connectivity index (χ1) is 12.9. The van der Waals surface area contributed by atoms with Crippen molar-refractivity contribution >= 4 is 23.1 Å². The fourth-order valence-electron chi connectivity index (χ4n) is 3.05. The topological polar surface area (TPSA) is 123 Å². The highest BCUT2D eigenvalue weighted by atomic mass is 16.6. The number of amides is 1. The molecular formula is C17H17N5O5. The van der Waals surface area contributed by atoms with Crippen molar-refractivity contribution in [3.8, 4) is 0 Å². The highest BCUT2D eigenvalue weighted by Gasteiger charge is 2.29. The molecule has 0 saturated carbocycles. The summed E-state index contributed by atoms with van der Waals surface area (Å²) < 4.78 is 0. The van der Waals surface area contributed by atoms with Crippen molar-refractivity contribution in [2.24, 2.45) is 0 Å². The Morgan fingerprint density at radius 2 is 1.63 bits per heavy atom. The maximum Gasteiger partial charge on any atom is 0.279 e. The number of nitro benzene ring substituents is 2. The molecule has 140 valence electrons. The van der Waals surface area contributed by atoms with E-state index in [0.29, 0.717) is 26.2 Å². The SMILES string of the molecule is Cc1c([N+](=O)[O-])cc(C(=O)N2CCN(c3ccccn3)CC2)cc1[N+](=O)[O-]. The molecule has 10 nitrogen and oxygen atoms in total. The lowest BCUT2D eigenvalue weighted by Gasteiger charge is -2.35. The Hall–Kier alpha value is -3.56. The lowest BCUT2D eigenvalue weighted by Crippen LogP contribution is -2.49. The first-order valence-corrected chi connectivity index (χ1v) is 8.27. The molecule has 2 aromatic rings. The third-order valence-corrected chi connectivity index (χ3v) is 4.53. The molecule has 1 aromatic carbocycles. The van der Waals surface area contributed by atoms with E-state index in [1.165, 1.54) is 11.8 Å². The van der Waals surface area contributed by atoms with Crippen LogP contribution in [0, 0.1) is 27.2 Å². The first-order valence-electron chi connectivity index (χ1n) is 8.27. The zero-order chi connectivity index (χ0) is 19.6. The van der Waals surface area contributed by atoms with Crippen molar-refractivity contribution in [2.75, 3.05) is 31.1 Å². The fourth-order valence-corrected chi connectivity index (χ4v) is 3.05. The number of hydrogen-bond acceptors (Lipinski definition) is 7. The number of pyridine rings is 1. The summed E-state index contributed by atoms with van der Waals surface area (Å²) in [5.41, 5.74) is -0.980. The number of anilines is 1. The molecule has 1 aromatic heterocycles. The van der Waals surface area contributed by atoms with Crippen molar-refractivity contribution in [1.29, 1.82) is 0 Å². The zero-order valence-corrected chi connectivity index (χ0v) is 14.6. The summed E-state index contributed by atoms with van der Waals surface area (Å²) in [5, 5.41) is 22.4. The highest BCUT2D eigenvalue weighted by molar-refractivity contribution is 5.96. The van der Waals surface area contributed by atoms with Crippen LogP contribution < -0.4 is 4.90 Å². The van der Waals surface area contributed by atoms with Gasteiger partial charge in [0.05, 0.1) is 15.4 Å². The molecule has 0 bridgehead atoms. The van der Waals surface area contributed by atoms with Crippen molar-refractivity contribution in [3.63, 3.8) is 0 Å². The molecule has 0 aliphatic carbocycles. The molecule has 1 fully saturated rings. The summed E-state index contributed by atoms with van der Waals surface area (Å²) in [7, 11) is 0. The lowest BCUT2D eigenvalue weighted by molar-refractivity contribution is -0.395. The van der Waals surface area contributed by atoms with E-state index in [1.807, 2.05) is 23.1 Å². The highest BCUT2D eigenvalue weighted by Crippen LogP contribution is 2.30. The average Bonchev–Trinajstić information content (AvgIpc) is 2.68. The van der Waals surface area contributed by atoms with Gasteiger partial charge in [0.25, 0.3) is 17.3 Å². The minimum Gasteiger partial charge on any atom is -0.353 e. The van der Waals surface area contributed by atoms with Gasteiger partial charge in [-0.05, 0) is 19.1 Å². The van der Waals surface area contributed by atoms with E-state index in [2.05, 4.69) is 4.98 Å². The van der Waals surface area contributed by atoms with Gasteiger partial charge in [0.1, 0.15) is 11.4 Å². The third kappa shape index (κ3) is 3.68. The number of nitro groups is 2. The number of carbonyl (C=O) groups is 1. The van der Waals surface area contributed by atoms with Gasteiger partial charge in [-0.25, -0.2) is 4.98 Å². The van der Waals surface area contributed by atoms with E-state index in [9.17, 15) is 25.0 Å². The molecule has 3 rings (SSSR count). The normalized spacial score (nSPS) is 14.1. The minimum atomic E-state index is -0.710. The second-order valence-electron chi connectivity index (χ2n) is 6.12. The summed E-state index contributed by atoms with van der Waals surface area (Å²) in [6.45, 7) is 3.20. The predicted molar refractivity (Wildman–Crippen MR) is 96.8 cm³/mol. The quantitative estimate of drug-likeness (QED) is 0.596. The van der Waals surface area contributed by atoms with E-state index >= 15 is 0 Å². The van der Waals surface area contributed by atoms with E-state index in [1.54, 1.807) is 6.20 Å². The van der Waals surface area contributed by atoms with Crippen LogP contribution in [0.25, 0.3) is 0 Å². The van der Waals surface area contributed by atoms with Crippen molar-refractivity contribution in [3.05, 3.63) is 67.9 Å². The summed E-state index contributed by atoms with van der Waals surface area (Å²) in [6.07, 6.45) is 1.69. The van der Waals surface area contributed by atoms with Crippen LogP contribution in [-0.4, -0.2) is 51.8 Å². The van der Waals surface area contributed by atoms with Gasteiger partial charge >= 0.3 is 0 Å². The van der Waals surface area contributed by atoms with Gasteiger partial charge in [0.2, 0.25) is 0 Å². The molecule has 0 spiro atoms. The van der Waals surface area contributed by atoms with Crippen LogP contribution in [0.5, 0.6) is 0 Å². The molecule has 1 saturated heterocycles. The molecule has 0 radical (unpaired) electrons. The van der Waals surface area contributed by atoms with Crippen LogP contribution in [0.2, 0.25) is 0 Å². The summed E-state index contributed by atoms with van der Waals surface area (Å²) in [6, 6.07) is 7.79. The molecule has 1 aliphatic heterocycles. The Morgan fingerprint density at radius 3 is 2.11 bits per heavy atom. The second kappa shape index (κ2) is 7.36. The van der Waals surface area contributed by atoms with Crippen molar-refractivity contribution in [1.82, 2.24) is 9.88 Å². The van der Waals surface area contributed by atoms with Gasteiger partial charge in [0.15, 0.2) is 0 Å². The van der Waals surface area contributed by atoms with Crippen LogP contribution in [0.1, 0.15) is 15.9 Å². The maximum atomic E-state index is 12.8. The molecular weight excluding hydrogens is 354 g/mol. The summed E-state index contributed by atoms with van der Waals surface area (Å²) in [5.74, 6) is 0.355. The van der Waals surface area contributed by atoms with Crippen LogP contribution in [0.15, 0.2) is 36.5 Å². The van der Waals surface area contributed by atoms with Crippen molar-refractivity contribution in [2.45, 2.75) is 6.92 Å². The zero-order valence-electron chi connectivity index (χ0n) is 14.6. The number of benzene rings is 1.